The lowest BCUT2D eigenvalue weighted by atomic mass is 9.91. The molecular formula is C20H31N5O4S. The van der Waals surface area contributed by atoms with Crippen molar-refractivity contribution in [3.05, 3.63) is 29.0 Å². The number of aliphatic carboxylic acids is 1. The Labute approximate surface area is 180 Å². The summed E-state index contributed by atoms with van der Waals surface area (Å²) in [6.07, 6.45) is 2.31. The Morgan fingerprint density at radius 2 is 2.07 bits per heavy atom. The third kappa shape index (κ3) is 6.33. The number of nitrogens with one attached hydrogen (secondary N) is 1. The molecule has 1 aliphatic heterocycles. The molecule has 1 atom stereocenters. The number of hydrogen-bond acceptors (Lipinski definition) is 7. The summed E-state index contributed by atoms with van der Waals surface area (Å²) in [5.41, 5.74) is 6.15. The van der Waals surface area contributed by atoms with Crippen LogP contribution >= 0.6 is 11.8 Å². The number of carboxylic acid groups (broad SMARTS) is 1. The van der Waals surface area contributed by atoms with Crippen molar-refractivity contribution in [1.29, 1.82) is 0 Å². The molecule has 166 valence electrons. The average Bonchev–Trinajstić information content (AvgIpc) is 3.24. The summed E-state index contributed by atoms with van der Waals surface area (Å²) in [4.78, 5) is 20.5. The number of nitrogens with two attached hydrogens (primary N) is 1. The van der Waals surface area contributed by atoms with Gasteiger partial charge < -0.3 is 25.1 Å². The summed E-state index contributed by atoms with van der Waals surface area (Å²) in [6.45, 7) is 9.28. The molecule has 1 unspecified atom stereocenters. The molecule has 1 saturated heterocycles. The number of aromatic nitrogens is 3. The van der Waals surface area contributed by atoms with Gasteiger partial charge in [-0.05, 0) is 25.5 Å². The predicted octanol–water partition coefficient (Wildman–Crippen LogP) is 2.65. The molecule has 0 radical (unpaired) electrons. The highest BCUT2D eigenvalue weighted by molar-refractivity contribution is 7.98. The Morgan fingerprint density at radius 1 is 1.40 bits per heavy atom. The number of furan rings is 1. The number of hydrogen-bond donors (Lipinski definition) is 3. The van der Waals surface area contributed by atoms with Crippen LogP contribution in [0, 0.1) is 0 Å². The van der Waals surface area contributed by atoms with Gasteiger partial charge in [-0.3, -0.25) is 9.59 Å². The normalized spacial score (nSPS) is 16.6. The molecule has 0 aromatic carbocycles. The van der Waals surface area contributed by atoms with Crippen LogP contribution in [0.3, 0.4) is 0 Å². The fourth-order valence-electron chi connectivity index (χ4n) is 3.31. The van der Waals surface area contributed by atoms with Gasteiger partial charge in [0.2, 0.25) is 0 Å². The summed E-state index contributed by atoms with van der Waals surface area (Å²) in [6, 6.07) is 1.75. The zero-order valence-electron chi connectivity index (χ0n) is 18.2. The highest BCUT2D eigenvalue weighted by Gasteiger charge is 2.26. The Bertz CT molecular complexity index is 874. The minimum Gasteiger partial charge on any atom is -0.481 e. The molecule has 4 N–H and O–H groups in total. The number of carbonyl (C=O) groups is 2. The van der Waals surface area contributed by atoms with Gasteiger partial charge in [0, 0.05) is 43.2 Å². The zero-order valence-corrected chi connectivity index (χ0v) is 19.0. The van der Waals surface area contributed by atoms with Gasteiger partial charge in [0.15, 0.2) is 10.9 Å². The third-order valence-electron chi connectivity index (χ3n) is 4.62. The molecular weight excluding hydrogens is 406 g/mol. The van der Waals surface area contributed by atoms with Gasteiger partial charge in [-0.25, -0.2) is 0 Å². The summed E-state index contributed by atoms with van der Waals surface area (Å²) >= 11 is 1.60. The van der Waals surface area contributed by atoms with Gasteiger partial charge in [0.1, 0.15) is 11.6 Å². The Kier molecular flexibility index (Phi) is 8.08. The second kappa shape index (κ2) is 10.1. The minimum atomic E-state index is -0.833. The maximum Gasteiger partial charge on any atom is 0.300 e. The monoisotopic (exact) mass is 437 g/mol. The number of primary amides is 1. The van der Waals surface area contributed by atoms with E-state index in [1.165, 1.54) is 6.42 Å². The molecule has 1 fully saturated rings. The van der Waals surface area contributed by atoms with Crippen LogP contribution in [0.1, 0.15) is 74.2 Å². The first kappa shape index (κ1) is 23.9. The van der Waals surface area contributed by atoms with Crippen molar-refractivity contribution in [3.63, 3.8) is 0 Å². The van der Waals surface area contributed by atoms with Crippen LogP contribution in [0.15, 0.2) is 15.6 Å². The maximum absolute atomic E-state index is 11.5. The first-order valence-corrected chi connectivity index (χ1v) is 10.8. The van der Waals surface area contributed by atoms with Crippen molar-refractivity contribution in [1.82, 2.24) is 20.1 Å². The van der Waals surface area contributed by atoms with Crippen molar-refractivity contribution in [2.45, 2.75) is 62.8 Å². The number of amides is 1. The summed E-state index contributed by atoms with van der Waals surface area (Å²) in [7, 11) is 2.02. The van der Waals surface area contributed by atoms with Gasteiger partial charge in [-0.15, -0.1) is 10.2 Å². The van der Waals surface area contributed by atoms with E-state index in [1.807, 2.05) is 7.05 Å². The third-order valence-corrected chi connectivity index (χ3v) is 5.69. The molecule has 3 heterocycles. The number of piperidine rings is 1. The Balaban J connectivity index is 0.000000735. The van der Waals surface area contributed by atoms with E-state index >= 15 is 0 Å². The fraction of sp³-hybridized carbons (Fsp3) is 0.600. The summed E-state index contributed by atoms with van der Waals surface area (Å²) < 4.78 is 7.80. The average molecular weight is 438 g/mol. The van der Waals surface area contributed by atoms with Gasteiger partial charge in [-0.1, -0.05) is 32.5 Å². The van der Waals surface area contributed by atoms with E-state index in [4.69, 9.17) is 20.1 Å². The predicted molar refractivity (Wildman–Crippen MR) is 115 cm³/mol. The highest BCUT2D eigenvalue weighted by atomic mass is 32.2. The van der Waals surface area contributed by atoms with Crippen LogP contribution in [0.2, 0.25) is 0 Å². The molecule has 1 amide bonds. The van der Waals surface area contributed by atoms with Crippen LogP contribution in [0.25, 0.3) is 0 Å². The van der Waals surface area contributed by atoms with Gasteiger partial charge in [-0.2, -0.15) is 0 Å². The number of rotatable bonds is 5. The van der Waals surface area contributed by atoms with Crippen LogP contribution in [-0.4, -0.2) is 44.8 Å². The Hall–Kier alpha value is -2.33. The number of carbonyl (C=O) groups excluding carboxylic acids is 1. The van der Waals surface area contributed by atoms with Crippen LogP contribution in [-0.2, 0) is 23.0 Å². The minimum absolute atomic E-state index is 0.206. The van der Waals surface area contributed by atoms with E-state index in [0.29, 0.717) is 11.7 Å². The maximum atomic E-state index is 11.5. The molecule has 9 nitrogen and oxygen atoms in total. The second-order valence-corrected chi connectivity index (χ2v) is 9.27. The van der Waals surface area contributed by atoms with Gasteiger partial charge >= 0.3 is 0 Å². The Morgan fingerprint density at radius 3 is 2.60 bits per heavy atom. The molecule has 2 aromatic heterocycles. The molecule has 1 aliphatic rings. The van der Waals surface area contributed by atoms with Crippen molar-refractivity contribution >= 4 is 23.6 Å². The van der Waals surface area contributed by atoms with Crippen LogP contribution in [0.4, 0.5) is 0 Å². The summed E-state index contributed by atoms with van der Waals surface area (Å²) in [5.74, 6) is 1.71. The largest absolute Gasteiger partial charge is 0.481 e. The molecule has 0 saturated carbocycles. The topological polar surface area (TPSA) is 136 Å². The smallest absolute Gasteiger partial charge is 0.300 e. The van der Waals surface area contributed by atoms with Crippen molar-refractivity contribution in [3.8, 4) is 0 Å². The standard InChI is InChI=1S/C18H27N5O2S.C2H4O2/c1-18(2,3)14-12(8-13(25-14)15(19)24)10-26-17-22-21-16(23(17)4)11-6-5-7-20-9-11;1-2(3)4/h8,11,20H,5-7,9-10H2,1-4H3,(H2,19,24);1H3,(H,3,4). The fourth-order valence-corrected chi connectivity index (χ4v) is 4.20. The SMILES string of the molecule is CC(=O)O.Cn1c(SCc2cc(C(N)=O)oc2C(C)(C)C)nnc1C1CCCNC1. The number of carboxylic acids is 1. The quantitative estimate of drug-likeness (QED) is 0.607. The van der Waals surface area contributed by atoms with Crippen molar-refractivity contribution < 1.29 is 19.1 Å². The van der Waals surface area contributed by atoms with E-state index in [0.717, 1.165) is 48.7 Å². The molecule has 3 rings (SSSR count). The van der Waals surface area contributed by atoms with Gasteiger partial charge in [0.05, 0.1) is 0 Å². The van der Waals surface area contributed by atoms with Gasteiger partial charge in [0.25, 0.3) is 11.9 Å². The van der Waals surface area contributed by atoms with E-state index in [9.17, 15) is 4.79 Å². The van der Waals surface area contributed by atoms with Crippen molar-refractivity contribution in [2.75, 3.05) is 13.1 Å². The highest BCUT2D eigenvalue weighted by Crippen LogP contribution is 2.33. The first-order valence-electron chi connectivity index (χ1n) is 9.86. The van der Waals surface area contributed by atoms with E-state index in [2.05, 4.69) is 40.9 Å². The lowest BCUT2D eigenvalue weighted by Crippen LogP contribution is -2.29. The van der Waals surface area contributed by atoms with E-state index in [-0.39, 0.29) is 11.2 Å². The van der Waals surface area contributed by atoms with Crippen molar-refractivity contribution in [2.24, 2.45) is 12.8 Å². The summed E-state index contributed by atoms with van der Waals surface area (Å²) in [5, 5.41) is 20.5. The van der Waals surface area contributed by atoms with E-state index in [1.54, 1.807) is 17.8 Å². The molecule has 10 heteroatoms. The first-order chi connectivity index (χ1) is 14.0. The number of nitrogens with zero attached hydrogens (tertiary/aromatic N) is 3. The second-order valence-electron chi connectivity index (χ2n) is 8.33. The van der Waals surface area contributed by atoms with E-state index < -0.39 is 11.9 Å². The zero-order chi connectivity index (χ0) is 22.5. The molecule has 30 heavy (non-hydrogen) atoms. The lowest BCUT2D eigenvalue weighted by Gasteiger charge is -2.21. The number of thioether (sulfide) groups is 1. The van der Waals surface area contributed by atoms with Crippen LogP contribution in [0.5, 0.6) is 0 Å². The molecule has 2 aromatic rings. The molecule has 0 spiro atoms. The van der Waals surface area contributed by atoms with Crippen LogP contribution < -0.4 is 11.1 Å². The molecule has 0 bridgehead atoms. The lowest BCUT2D eigenvalue weighted by molar-refractivity contribution is -0.134. The molecule has 0 aliphatic carbocycles.